The average Bonchev–Trinajstić information content (AvgIpc) is 2.69. The van der Waals surface area contributed by atoms with E-state index in [1.165, 1.54) is 4.31 Å². The number of rotatable bonds is 2. The Morgan fingerprint density at radius 2 is 1.94 bits per heavy atom. The fourth-order valence-corrected chi connectivity index (χ4v) is 3.93. The molecule has 0 aromatic heterocycles. The van der Waals surface area contributed by atoms with Crippen LogP contribution in [-0.4, -0.2) is 42.9 Å². The van der Waals surface area contributed by atoms with Gasteiger partial charge >= 0.3 is 5.97 Å². The Labute approximate surface area is 94.8 Å². The zero-order chi connectivity index (χ0) is 11.8. The summed E-state index contributed by atoms with van der Waals surface area (Å²) in [6.07, 6.45) is 3.73. The Morgan fingerprint density at radius 1 is 1.31 bits per heavy atom. The van der Waals surface area contributed by atoms with E-state index in [1.54, 1.807) is 0 Å². The van der Waals surface area contributed by atoms with Crippen LogP contribution in [-0.2, 0) is 15.0 Å². The number of carboxylic acid groups (broad SMARTS) is 1. The average molecular weight is 248 g/mol. The predicted octanol–water partition coefficient (Wildman–Crippen LogP) is -0.220. The van der Waals surface area contributed by atoms with Gasteiger partial charge in [-0.05, 0) is 12.8 Å². The van der Waals surface area contributed by atoms with Crippen LogP contribution < -0.4 is 4.72 Å². The van der Waals surface area contributed by atoms with Crippen LogP contribution in [0.15, 0.2) is 0 Å². The predicted molar refractivity (Wildman–Crippen MR) is 57.0 cm³/mol. The van der Waals surface area contributed by atoms with E-state index >= 15 is 0 Å². The normalized spacial score (nSPS) is 31.6. The summed E-state index contributed by atoms with van der Waals surface area (Å²) < 4.78 is 27.2. The van der Waals surface area contributed by atoms with Crippen molar-refractivity contribution in [1.82, 2.24) is 9.03 Å². The zero-order valence-electron chi connectivity index (χ0n) is 8.92. The molecule has 1 heterocycles. The molecule has 0 amide bonds. The van der Waals surface area contributed by atoms with Crippen LogP contribution in [0.3, 0.4) is 0 Å². The summed E-state index contributed by atoms with van der Waals surface area (Å²) in [5.41, 5.74) is 0. The van der Waals surface area contributed by atoms with Gasteiger partial charge in [0.2, 0.25) is 0 Å². The summed E-state index contributed by atoms with van der Waals surface area (Å²) in [4.78, 5) is 10.9. The highest BCUT2D eigenvalue weighted by molar-refractivity contribution is 7.87. The molecule has 0 spiro atoms. The summed E-state index contributed by atoms with van der Waals surface area (Å²) >= 11 is 0. The van der Waals surface area contributed by atoms with Crippen LogP contribution in [0.4, 0.5) is 0 Å². The molecule has 1 unspecified atom stereocenters. The van der Waals surface area contributed by atoms with Crippen molar-refractivity contribution in [2.24, 2.45) is 5.92 Å². The van der Waals surface area contributed by atoms with Gasteiger partial charge in [0, 0.05) is 19.1 Å². The standard InChI is InChI=1S/C9H16N2O4S/c12-9(13)7-5-10-16(14,15)11(6-7)8-3-1-2-4-8/h7-8,10H,1-6H2,(H,12,13). The fraction of sp³-hybridized carbons (Fsp3) is 0.889. The lowest BCUT2D eigenvalue weighted by molar-refractivity contribution is -0.142. The van der Waals surface area contributed by atoms with Gasteiger partial charge in [-0.25, -0.2) is 4.72 Å². The number of hydrogen-bond donors (Lipinski definition) is 2. The molecule has 1 atom stereocenters. The van der Waals surface area contributed by atoms with Gasteiger partial charge in [-0.1, -0.05) is 12.8 Å². The Kier molecular flexibility index (Phi) is 3.18. The van der Waals surface area contributed by atoms with Crippen LogP contribution in [0.2, 0.25) is 0 Å². The van der Waals surface area contributed by atoms with Gasteiger partial charge in [0.15, 0.2) is 0 Å². The molecule has 1 aliphatic carbocycles. The number of carboxylic acids is 1. The SMILES string of the molecule is O=C(O)C1CNS(=O)(=O)N(C2CCCC2)C1. The van der Waals surface area contributed by atoms with E-state index in [0.717, 1.165) is 25.7 Å². The van der Waals surface area contributed by atoms with Crippen molar-refractivity contribution < 1.29 is 18.3 Å². The molecule has 0 radical (unpaired) electrons. The van der Waals surface area contributed by atoms with E-state index in [-0.39, 0.29) is 19.1 Å². The van der Waals surface area contributed by atoms with E-state index in [9.17, 15) is 13.2 Å². The summed E-state index contributed by atoms with van der Waals surface area (Å²) in [5.74, 6) is -1.57. The molecule has 2 aliphatic rings. The lowest BCUT2D eigenvalue weighted by Crippen LogP contribution is -2.56. The number of nitrogens with one attached hydrogen (secondary N) is 1. The minimum atomic E-state index is -3.45. The number of carbonyl (C=O) groups is 1. The summed E-state index contributed by atoms with van der Waals surface area (Å²) in [5, 5.41) is 8.91. The molecular formula is C9H16N2O4S. The molecule has 0 aromatic rings. The largest absolute Gasteiger partial charge is 0.481 e. The van der Waals surface area contributed by atoms with Gasteiger partial charge < -0.3 is 5.11 Å². The van der Waals surface area contributed by atoms with Crippen molar-refractivity contribution in [3.05, 3.63) is 0 Å². The van der Waals surface area contributed by atoms with E-state index in [0.29, 0.717) is 0 Å². The molecule has 0 aromatic carbocycles. The van der Waals surface area contributed by atoms with E-state index < -0.39 is 22.1 Å². The molecule has 0 bridgehead atoms. The molecule has 1 saturated carbocycles. The number of hydrogen-bond acceptors (Lipinski definition) is 3. The first-order chi connectivity index (χ1) is 7.50. The first-order valence-electron chi connectivity index (χ1n) is 5.50. The third-order valence-corrected chi connectivity index (χ3v) is 4.90. The van der Waals surface area contributed by atoms with Crippen molar-refractivity contribution in [2.75, 3.05) is 13.1 Å². The maximum absolute atomic E-state index is 11.8. The molecule has 16 heavy (non-hydrogen) atoms. The van der Waals surface area contributed by atoms with Crippen LogP contribution >= 0.6 is 0 Å². The smallest absolute Gasteiger partial charge is 0.309 e. The molecule has 92 valence electrons. The molecular weight excluding hydrogens is 232 g/mol. The Hall–Kier alpha value is -0.660. The second-order valence-electron chi connectivity index (χ2n) is 4.40. The minimum absolute atomic E-state index is 0.000880. The maximum atomic E-state index is 11.8. The monoisotopic (exact) mass is 248 g/mol. The van der Waals surface area contributed by atoms with Crippen LogP contribution in [0, 0.1) is 5.92 Å². The van der Waals surface area contributed by atoms with Gasteiger partial charge in [-0.3, -0.25) is 4.79 Å². The summed E-state index contributed by atoms with van der Waals surface area (Å²) in [6, 6.07) is -0.0142. The van der Waals surface area contributed by atoms with Crippen molar-refractivity contribution in [1.29, 1.82) is 0 Å². The molecule has 1 aliphatic heterocycles. The minimum Gasteiger partial charge on any atom is -0.481 e. The Bertz CT molecular complexity index is 375. The van der Waals surface area contributed by atoms with Crippen LogP contribution in [0.1, 0.15) is 25.7 Å². The van der Waals surface area contributed by atoms with Crippen molar-refractivity contribution in [2.45, 2.75) is 31.7 Å². The first kappa shape index (κ1) is 11.8. The van der Waals surface area contributed by atoms with Gasteiger partial charge in [-0.15, -0.1) is 0 Å². The quantitative estimate of drug-likeness (QED) is 0.707. The highest BCUT2D eigenvalue weighted by Crippen LogP contribution is 2.27. The lowest BCUT2D eigenvalue weighted by Gasteiger charge is -2.34. The highest BCUT2D eigenvalue weighted by Gasteiger charge is 2.39. The topological polar surface area (TPSA) is 86.7 Å². The van der Waals surface area contributed by atoms with E-state index in [4.69, 9.17) is 5.11 Å². The number of aliphatic carboxylic acids is 1. The third-order valence-electron chi connectivity index (χ3n) is 3.30. The molecule has 2 N–H and O–H groups in total. The maximum Gasteiger partial charge on any atom is 0.309 e. The van der Waals surface area contributed by atoms with Gasteiger partial charge in [0.05, 0.1) is 5.92 Å². The molecule has 7 heteroatoms. The highest BCUT2D eigenvalue weighted by atomic mass is 32.2. The van der Waals surface area contributed by atoms with Gasteiger partial charge in [-0.2, -0.15) is 12.7 Å². The van der Waals surface area contributed by atoms with Crippen molar-refractivity contribution in [3.63, 3.8) is 0 Å². The molecule has 2 rings (SSSR count). The number of nitrogens with zero attached hydrogens (tertiary/aromatic N) is 1. The first-order valence-corrected chi connectivity index (χ1v) is 6.94. The Morgan fingerprint density at radius 3 is 2.50 bits per heavy atom. The molecule has 1 saturated heterocycles. The van der Waals surface area contributed by atoms with Crippen molar-refractivity contribution in [3.8, 4) is 0 Å². The van der Waals surface area contributed by atoms with E-state index in [2.05, 4.69) is 4.72 Å². The zero-order valence-corrected chi connectivity index (χ0v) is 9.74. The van der Waals surface area contributed by atoms with Crippen LogP contribution in [0.25, 0.3) is 0 Å². The van der Waals surface area contributed by atoms with Gasteiger partial charge in [0.1, 0.15) is 0 Å². The summed E-state index contributed by atoms with van der Waals surface area (Å²) in [6.45, 7) is 0.107. The van der Waals surface area contributed by atoms with Crippen molar-refractivity contribution >= 4 is 16.2 Å². The van der Waals surface area contributed by atoms with Gasteiger partial charge in [0.25, 0.3) is 10.2 Å². The Balaban J connectivity index is 2.14. The lowest BCUT2D eigenvalue weighted by atomic mass is 10.1. The second-order valence-corrected chi connectivity index (χ2v) is 6.10. The fourth-order valence-electron chi connectivity index (χ4n) is 2.37. The summed E-state index contributed by atoms with van der Waals surface area (Å²) in [7, 11) is -3.45. The second kappa shape index (κ2) is 4.31. The van der Waals surface area contributed by atoms with E-state index in [1.807, 2.05) is 0 Å². The third kappa shape index (κ3) is 2.21. The molecule has 6 nitrogen and oxygen atoms in total. The molecule has 2 fully saturated rings. The van der Waals surface area contributed by atoms with Crippen LogP contribution in [0.5, 0.6) is 0 Å².